The van der Waals surface area contributed by atoms with Gasteiger partial charge in [0.2, 0.25) is 0 Å². The number of nitrogens with two attached hydrogens (primary N) is 1. The summed E-state index contributed by atoms with van der Waals surface area (Å²) in [7, 11) is 0. The van der Waals surface area contributed by atoms with Crippen molar-refractivity contribution in [2.75, 3.05) is 13.2 Å². The SMILES string of the molecule is NNC(c1ccn(-c2ccccc2)n1)C1CCOC1. The molecule has 0 radical (unpaired) electrons. The van der Waals surface area contributed by atoms with E-state index in [-0.39, 0.29) is 6.04 Å². The van der Waals surface area contributed by atoms with Gasteiger partial charge in [0.05, 0.1) is 24.0 Å². The Kier molecular flexibility index (Phi) is 3.59. The maximum Gasteiger partial charge on any atom is 0.0815 e. The van der Waals surface area contributed by atoms with Gasteiger partial charge < -0.3 is 4.74 Å². The maximum absolute atomic E-state index is 5.68. The highest BCUT2D eigenvalue weighted by Crippen LogP contribution is 2.27. The highest BCUT2D eigenvalue weighted by Gasteiger charge is 2.27. The highest BCUT2D eigenvalue weighted by atomic mass is 16.5. The summed E-state index contributed by atoms with van der Waals surface area (Å²) in [6.07, 6.45) is 2.98. The molecule has 5 nitrogen and oxygen atoms in total. The van der Waals surface area contributed by atoms with Gasteiger partial charge in [0.1, 0.15) is 0 Å². The van der Waals surface area contributed by atoms with Gasteiger partial charge in [-0.1, -0.05) is 18.2 Å². The van der Waals surface area contributed by atoms with Crippen LogP contribution in [0.2, 0.25) is 0 Å². The van der Waals surface area contributed by atoms with E-state index in [4.69, 9.17) is 10.6 Å². The molecule has 0 saturated carbocycles. The monoisotopic (exact) mass is 258 g/mol. The predicted molar refractivity (Wildman–Crippen MR) is 72.6 cm³/mol. The number of aromatic nitrogens is 2. The minimum Gasteiger partial charge on any atom is -0.381 e. The zero-order valence-corrected chi connectivity index (χ0v) is 10.7. The van der Waals surface area contributed by atoms with E-state index >= 15 is 0 Å². The van der Waals surface area contributed by atoms with Gasteiger partial charge >= 0.3 is 0 Å². The average molecular weight is 258 g/mol. The molecule has 1 aromatic heterocycles. The van der Waals surface area contributed by atoms with E-state index < -0.39 is 0 Å². The molecule has 5 heteroatoms. The third-order valence-electron chi connectivity index (χ3n) is 3.56. The number of hydrogen-bond acceptors (Lipinski definition) is 4. The number of para-hydroxylation sites is 1. The molecule has 0 aliphatic carbocycles. The Balaban J connectivity index is 1.83. The third kappa shape index (κ3) is 2.53. The smallest absolute Gasteiger partial charge is 0.0815 e. The minimum absolute atomic E-state index is 0.0486. The maximum atomic E-state index is 5.68. The van der Waals surface area contributed by atoms with Crippen LogP contribution in [0.1, 0.15) is 18.2 Å². The van der Waals surface area contributed by atoms with Gasteiger partial charge in [0.15, 0.2) is 0 Å². The summed E-state index contributed by atoms with van der Waals surface area (Å²) in [6.45, 7) is 1.55. The lowest BCUT2D eigenvalue weighted by atomic mass is 9.97. The molecule has 3 rings (SSSR count). The first-order valence-electron chi connectivity index (χ1n) is 6.53. The molecule has 2 atom stereocenters. The van der Waals surface area contributed by atoms with Crippen LogP contribution < -0.4 is 11.3 Å². The van der Waals surface area contributed by atoms with E-state index in [2.05, 4.69) is 10.5 Å². The second-order valence-electron chi connectivity index (χ2n) is 4.79. The van der Waals surface area contributed by atoms with Gasteiger partial charge in [-0.2, -0.15) is 5.10 Å². The number of ether oxygens (including phenoxy) is 1. The molecule has 2 unspecified atom stereocenters. The minimum atomic E-state index is 0.0486. The molecule has 0 spiro atoms. The fraction of sp³-hybridized carbons (Fsp3) is 0.357. The fourth-order valence-corrected chi connectivity index (χ4v) is 2.51. The summed E-state index contributed by atoms with van der Waals surface area (Å²) >= 11 is 0. The Labute approximate surface area is 112 Å². The summed E-state index contributed by atoms with van der Waals surface area (Å²) in [5.74, 6) is 6.07. The van der Waals surface area contributed by atoms with Gasteiger partial charge in [-0.25, -0.2) is 4.68 Å². The molecule has 2 heterocycles. The van der Waals surface area contributed by atoms with Crippen molar-refractivity contribution in [2.24, 2.45) is 11.8 Å². The van der Waals surface area contributed by atoms with Gasteiger partial charge in [0.25, 0.3) is 0 Å². The van der Waals surface area contributed by atoms with E-state index in [1.807, 2.05) is 47.3 Å². The molecule has 1 aliphatic rings. The van der Waals surface area contributed by atoms with Crippen LogP contribution in [-0.4, -0.2) is 23.0 Å². The molecule has 100 valence electrons. The molecular formula is C14H18N4O. The lowest BCUT2D eigenvalue weighted by Crippen LogP contribution is -2.34. The van der Waals surface area contributed by atoms with Crippen LogP contribution in [-0.2, 0) is 4.74 Å². The summed E-state index contributed by atoms with van der Waals surface area (Å²) in [6, 6.07) is 12.1. The Morgan fingerprint density at radius 3 is 2.84 bits per heavy atom. The molecule has 19 heavy (non-hydrogen) atoms. The molecule has 1 saturated heterocycles. The summed E-state index contributed by atoms with van der Waals surface area (Å²) < 4.78 is 7.29. The van der Waals surface area contributed by atoms with Crippen molar-refractivity contribution in [2.45, 2.75) is 12.5 Å². The van der Waals surface area contributed by atoms with Crippen molar-refractivity contribution in [3.05, 3.63) is 48.3 Å². The lowest BCUT2D eigenvalue weighted by Gasteiger charge is -2.19. The quantitative estimate of drug-likeness (QED) is 0.643. The first kappa shape index (κ1) is 12.3. The molecule has 2 aromatic rings. The van der Waals surface area contributed by atoms with E-state index in [0.29, 0.717) is 5.92 Å². The van der Waals surface area contributed by atoms with Crippen molar-refractivity contribution in [3.8, 4) is 5.69 Å². The number of nitrogens with one attached hydrogen (secondary N) is 1. The summed E-state index contributed by atoms with van der Waals surface area (Å²) in [5, 5.41) is 4.61. The zero-order chi connectivity index (χ0) is 13.1. The van der Waals surface area contributed by atoms with Gasteiger partial charge in [-0.3, -0.25) is 11.3 Å². The largest absolute Gasteiger partial charge is 0.381 e. The second-order valence-corrected chi connectivity index (χ2v) is 4.79. The van der Waals surface area contributed by atoms with E-state index in [1.54, 1.807) is 0 Å². The van der Waals surface area contributed by atoms with Gasteiger partial charge in [-0.15, -0.1) is 0 Å². The van der Waals surface area contributed by atoms with Gasteiger partial charge in [-0.05, 0) is 24.6 Å². The first-order chi connectivity index (χ1) is 9.38. The zero-order valence-electron chi connectivity index (χ0n) is 10.7. The predicted octanol–water partition coefficient (Wildman–Crippen LogP) is 1.41. The molecule has 0 bridgehead atoms. The molecule has 0 amide bonds. The lowest BCUT2D eigenvalue weighted by molar-refractivity contribution is 0.176. The van der Waals surface area contributed by atoms with Crippen LogP contribution in [0.25, 0.3) is 5.69 Å². The summed E-state index contributed by atoms with van der Waals surface area (Å²) in [5.41, 5.74) is 4.88. The second kappa shape index (κ2) is 5.52. The van der Waals surface area contributed by atoms with Crippen molar-refractivity contribution < 1.29 is 4.74 Å². The van der Waals surface area contributed by atoms with Crippen molar-refractivity contribution in [3.63, 3.8) is 0 Å². The number of benzene rings is 1. The van der Waals surface area contributed by atoms with Crippen molar-refractivity contribution in [1.29, 1.82) is 0 Å². The topological polar surface area (TPSA) is 65.1 Å². The number of hydrogen-bond donors (Lipinski definition) is 2. The van der Waals surface area contributed by atoms with Crippen LogP contribution in [0.4, 0.5) is 0 Å². The van der Waals surface area contributed by atoms with Gasteiger partial charge in [0, 0.05) is 18.7 Å². The Morgan fingerprint density at radius 1 is 1.32 bits per heavy atom. The third-order valence-corrected chi connectivity index (χ3v) is 3.56. The van der Waals surface area contributed by atoms with Crippen molar-refractivity contribution in [1.82, 2.24) is 15.2 Å². The number of nitrogens with zero attached hydrogens (tertiary/aromatic N) is 2. The van der Waals surface area contributed by atoms with E-state index in [1.165, 1.54) is 0 Å². The average Bonchev–Trinajstić information content (AvgIpc) is 3.12. The molecule has 1 fully saturated rings. The van der Waals surface area contributed by atoms with E-state index in [0.717, 1.165) is 31.0 Å². The number of hydrazine groups is 1. The van der Waals surface area contributed by atoms with Crippen LogP contribution in [0.5, 0.6) is 0 Å². The molecule has 1 aromatic carbocycles. The molecule has 3 N–H and O–H groups in total. The summed E-state index contributed by atoms with van der Waals surface area (Å²) in [4.78, 5) is 0. The Morgan fingerprint density at radius 2 is 2.16 bits per heavy atom. The Bertz CT molecular complexity index is 519. The van der Waals surface area contributed by atoms with Crippen molar-refractivity contribution >= 4 is 0 Å². The molecular weight excluding hydrogens is 240 g/mol. The first-order valence-corrected chi connectivity index (χ1v) is 6.53. The van der Waals surface area contributed by atoms with Crippen LogP contribution in [0.3, 0.4) is 0 Å². The van der Waals surface area contributed by atoms with Crippen LogP contribution in [0, 0.1) is 5.92 Å². The Hall–Kier alpha value is -1.69. The number of rotatable bonds is 4. The van der Waals surface area contributed by atoms with Crippen LogP contribution >= 0.6 is 0 Å². The van der Waals surface area contributed by atoms with Crippen LogP contribution in [0.15, 0.2) is 42.6 Å². The van der Waals surface area contributed by atoms with E-state index in [9.17, 15) is 0 Å². The fourth-order valence-electron chi connectivity index (χ4n) is 2.51. The highest BCUT2D eigenvalue weighted by molar-refractivity contribution is 5.30. The molecule has 1 aliphatic heterocycles. The normalized spacial score (nSPS) is 20.6. The standard InChI is InChI=1S/C14H18N4O/c15-16-14(11-7-9-19-10-11)13-6-8-18(17-13)12-4-2-1-3-5-12/h1-6,8,11,14,16H,7,9-10,15H2.